The minimum absolute atomic E-state index is 0.0742. The molecule has 6 heteroatoms. The van der Waals surface area contributed by atoms with Gasteiger partial charge in [-0.1, -0.05) is 37.6 Å². The number of phenolic OH excluding ortho intramolecular Hbond substituents is 2. The molecule has 3 aromatic rings. The number of nitrogens with zero attached hydrogens (tertiary/aromatic N) is 1. The minimum atomic E-state index is -0.242. The van der Waals surface area contributed by atoms with Crippen LogP contribution in [0.5, 0.6) is 23.0 Å². The fraction of sp³-hybridized carbons (Fsp3) is 0.357. The van der Waals surface area contributed by atoms with E-state index in [1.54, 1.807) is 36.0 Å². The van der Waals surface area contributed by atoms with Crippen molar-refractivity contribution in [2.45, 2.75) is 36.0 Å². The molecule has 0 saturated carbocycles. The Morgan fingerprint density at radius 3 is 2.59 bits per heavy atom. The zero-order valence-electron chi connectivity index (χ0n) is 19.4. The highest BCUT2D eigenvalue weighted by molar-refractivity contribution is 7.99. The molecule has 0 bridgehead atoms. The van der Waals surface area contributed by atoms with E-state index in [-0.39, 0.29) is 22.9 Å². The van der Waals surface area contributed by atoms with Gasteiger partial charge in [-0.15, -0.1) is 11.8 Å². The normalized spacial score (nSPS) is 22.2. The van der Waals surface area contributed by atoms with Gasteiger partial charge >= 0.3 is 0 Å². The minimum Gasteiger partial charge on any atom is -0.508 e. The van der Waals surface area contributed by atoms with Crippen LogP contribution in [-0.2, 0) is 0 Å². The van der Waals surface area contributed by atoms with Crippen LogP contribution in [0.4, 0.5) is 0 Å². The van der Waals surface area contributed by atoms with Crippen LogP contribution < -0.4 is 9.47 Å². The lowest BCUT2D eigenvalue weighted by Crippen LogP contribution is -2.26. The van der Waals surface area contributed by atoms with Crippen LogP contribution in [-0.4, -0.2) is 41.4 Å². The van der Waals surface area contributed by atoms with Crippen LogP contribution >= 0.6 is 11.8 Å². The maximum atomic E-state index is 10.1. The van der Waals surface area contributed by atoms with Gasteiger partial charge in [-0.05, 0) is 72.5 Å². The van der Waals surface area contributed by atoms with Gasteiger partial charge in [-0.3, -0.25) is 4.90 Å². The maximum absolute atomic E-state index is 10.1. The third kappa shape index (κ3) is 5.13. The van der Waals surface area contributed by atoms with Crippen molar-refractivity contribution in [3.05, 3.63) is 77.9 Å². The van der Waals surface area contributed by atoms with Crippen molar-refractivity contribution in [3.8, 4) is 23.0 Å². The molecule has 2 N–H and O–H groups in total. The molecule has 1 fully saturated rings. The molecule has 2 aliphatic heterocycles. The van der Waals surface area contributed by atoms with Gasteiger partial charge in [0, 0.05) is 13.1 Å². The van der Waals surface area contributed by atoms with E-state index < -0.39 is 0 Å². The first-order valence-corrected chi connectivity index (χ1v) is 12.9. The van der Waals surface area contributed by atoms with Gasteiger partial charge in [0.15, 0.2) is 0 Å². The van der Waals surface area contributed by atoms with Crippen LogP contribution in [0.2, 0.25) is 0 Å². The summed E-state index contributed by atoms with van der Waals surface area (Å²) in [4.78, 5) is 3.38. The summed E-state index contributed by atoms with van der Waals surface area (Å²) >= 11 is 1.64. The third-order valence-corrected chi connectivity index (χ3v) is 8.09. The first-order chi connectivity index (χ1) is 16.6. The van der Waals surface area contributed by atoms with E-state index >= 15 is 0 Å². The Kier molecular flexibility index (Phi) is 6.88. The summed E-state index contributed by atoms with van der Waals surface area (Å²) in [6, 6.07) is 20.6. The van der Waals surface area contributed by atoms with Crippen LogP contribution in [0.3, 0.4) is 0 Å². The molecule has 0 aromatic heterocycles. The van der Waals surface area contributed by atoms with Crippen molar-refractivity contribution in [3.63, 3.8) is 0 Å². The maximum Gasteiger partial charge on any atom is 0.140 e. The zero-order chi connectivity index (χ0) is 23.5. The van der Waals surface area contributed by atoms with Gasteiger partial charge in [0.25, 0.3) is 0 Å². The summed E-state index contributed by atoms with van der Waals surface area (Å²) in [6.45, 7) is 6.28. The predicted octanol–water partition coefficient (Wildman–Crippen LogP) is 6.18. The van der Waals surface area contributed by atoms with Crippen LogP contribution in [0.15, 0.2) is 71.6 Å². The van der Waals surface area contributed by atoms with E-state index in [0.29, 0.717) is 6.61 Å². The molecule has 178 valence electrons. The van der Waals surface area contributed by atoms with Gasteiger partial charge in [-0.25, -0.2) is 0 Å². The van der Waals surface area contributed by atoms with Crippen molar-refractivity contribution < 1.29 is 19.7 Å². The monoisotopic (exact) mass is 477 g/mol. The molecule has 0 aliphatic carbocycles. The number of likely N-dealkylation sites (tertiary alicyclic amines) is 1. The molecule has 1 saturated heterocycles. The fourth-order valence-electron chi connectivity index (χ4n) is 4.77. The van der Waals surface area contributed by atoms with Gasteiger partial charge in [-0.2, -0.15) is 0 Å². The molecule has 3 atom stereocenters. The molecule has 34 heavy (non-hydrogen) atoms. The number of benzene rings is 3. The molecular weight excluding hydrogens is 446 g/mol. The summed E-state index contributed by atoms with van der Waals surface area (Å²) in [6.07, 6.45) is 2.32. The zero-order valence-corrected chi connectivity index (χ0v) is 20.2. The van der Waals surface area contributed by atoms with E-state index in [4.69, 9.17) is 9.47 Å². The average Bonchev–Trinajstić information content (AvgIpc) is 3.32. The highest BCUT2D eigenvalue weighted by Gasteiger charge is 2.34. The number of fused-ring (bicyclic) bond motifs is 1. The second kappa shape index (κ2) is 10.2. The fourth-order valence-corrected chi connectivity index (χ4v) is 6.08. The molecule has 5 nitrogen and oxygen atoms in total. The standard InChI is InChI=1S/C28H31NO4S/c1-2-19-12-13-29(18-19)14-15-32-24-9-6-20(7-10-24)27-28(21-4-3-5-22(30)16-21)34-26-17-23(31)8-11-25(26)33-27/h3-11,16-17,19,27-28,30-31H,2,12-15,18H2,1H3/t19-,27-,28+/m0/s1. The van der Waals surface area contributed by atoms with E-state index in [2.05, 4.69) is 24.0 Å². The van der Waals surface area contributed by atoms with E-state index in [0.717, 1.165) is 40.0 Å². The van der Waals surface area contributed by atoms with E-state index in [1.165, 1.54) is 25.9 Å². The SMILES string of the molecule is CC[C@H]1CCN(CCOc2ccc([C@@H]3Oc4ccc(O)cc4S[C@@H]3c3cccc(O)c3)cc2)C1. The summed E-state index contributed by atoms with van der Waals surface area (Å²) < 4.78 is 12.5. The number of aromatic hydroxyl groups is 2. The lowest BCUT2D eigenvalue weighted by molar-refractivity contribution is 0.190. The summed E-state index contributed by atoms with van der Waals surface area (Å²) in [5.41, 5.74) is 2.01. The Morgan fingerprint density at radius 1 is 1.00 bits per heavy atom. The predicted molar refractivity (Wildman–Crippen MR) is 135 cm³/mol. The van der Waals surface area contributed by atoms with Crippen molar-refractivity contribution in [1.29, 1.82) is 0 Å². The molecule has 2 heterocycles. The summed E-state index contributed by atoms with van der Waals surface area (Å²) in [5.74, 6) is 2.88. The van der Waals surface area contributed by atoms with E-state index in [9.17, 15) is 10.2 Å². The second-order valence-corrected chi connectivity index (χ2v) is 10.3. The topological polar surface area (TPSA) is 62.2 Å². The Morgan fingerprint density at radius 2 is 1.82 bits per heavy atom. The van der Waals surface area contributed by atoms with Gasteiger partial charge in [0.2, 0.25) is 0 Å². The highest BCUT2D eigenvalue weighted by atomic mass is 32.2. The van der Waals surface area contributed by atoms with Crippen LogP contribution in [0.25, 0.3) is 0 Å². The van der Waals surface area contributed by atoms with Gasteiger partial charge in [0.05, 0.1) is 10.1 Å². The Bertz CT molecular complexity index is 1120. The molecule has 5 rings (SSSR count). The number of hydrogen-bond donors (Lipinski definition) is 2. The second-order valence-electron chi connectivity index (χ2n) is 9.08. The van der Waals surface area contributed by atoms with Gasteiger partial charge < -0.3 is 19.7 Å². The molecule has 0 amide bonds. The largest absolute Gasteiger partial charge is 0.508 e. The number of phenols is 2. The Balaban J connectivity index is 1.30. The van der Waals surface area contributed by atoms with Crippen molar-refractivity contribution in [2.75, 3.05) is 26.2 Å². The van der Waals surface area contributed by atoms with Crippen molar-refractivity contribution in [1.82, 2.24) is 4.90 Å². The Labute approximate surface area is 205 Å². The molecule has 0 radical (unpaired) electrons. The first kappa shape index (κ1) is 22.9. The third-order valence-electron chi connectivity index (χ3n) is 6.74. The molecule has 2 aliphatic rings. The van der Waals surface area contributed by atoms with Crippen molar-refractivity contribution >= 4 is 11.8 Å². The Hall–Kier alpha value is -2.83. The average molecular weight is 478 g/mol. The molecular formula is C28H31NO4S. The lowest BCUT2D eigenvalue weighted by Gasteiger charge is -2.34. The van der Waals surface area contributed by atoms with Crippen LogP contribution in [0, 0.1) is 5.92 Å². The summed E-state index contributed by atoms with van der Waals surface area (Å²) in [7, 11) is 0. The molecule has 0 unspecified atom stereocenters. The highest BCUT2D eigenvalue weighted by Crippen LogP contribution is 2.54. The van der Waals surface area contributed by atoms with E-state index in [1.807, 2.05) is 30.3 Å². The molecule has 0 spiro atoms. The lowest BCUT2D eigenvalue weighted by atomic mass is 10.00. The summed E-state index contributed by atoms with van der Waals surface area (Å²) in [5, 5.41) is 19.9. The quantitative estimate of drug-likeness (QED) is 0.424. The number of ether oxygens (including phenoxy) is 2. The van der Waals surface area contributed by atoms with Crippen molar-refractivity contribution in [2.24, 2.45) is 5.92 Å². The first-order valence-electron chi connectivity index (χ1n) is 12.0. The smallest absolute Gasteiger partial charge is 0.140 e. The molecule has 3 aromatic carbocycles. The number of thioether (sulfide) groups is 1. The number of hydrogen-bond acceptors (Lipinski definition) is 6. The number of rotatable bonds is 7. The van der Waals surface area contributed by atoms with Gasteiger partial charge in [0.1, 0.15) is 35.7 Å². The van der Waals surface area contributed by atoms with Crippen LogP contribution in [0.1, 0.15) is 42.2 Å².